The number of aliphatic carboxylic acids is 1. The second-order valence-electron chi connectivity index (χ2n) is 6.98. The molecule has 1 aliphatic rings. The smallest absolute Gasteiger partial charge is 0.306 e. The van der Waals surface area contributed by atoms with E-state index in [4.69, 9.17) is 10.1 Å². The van der Waals surface area contributed by atoms with Crippen molar-refractivity contribution in [1.29, 1.82) is 0 Å². The Kier molecular flexibility index (Phi) is 4.82. The van der Waals surface area contributed by atoms with Crippen molar-refractivity contribution in [2.45, 2.75) is 38.6 Å². The molecule has 27 heavy (non-hydrogen) atoms. The Morgan fingerprint density at radius 1 is 1.22 bits per heavy atom. The monoisotopic (exact) mass is 429 g/mol. The summed E-state index contributed by atoms with van der Waals surface area (Å²) in [6.45, 7) is 1.98. The van der Waals surface area contributed by atoms with Crippen LogP contribution in [0.15, 0.2) is 35.2 Å². The standard InChI is InChI=1S/C19H20BrN5O2/c1-11-8-22-19(23-14-5-2-12(3-6-14)18(26)27)24-17(11)15-9-21-16-7-4-13(20)10-25(15)16/h4,7-10,12,14H,2-3,5-6H2,1H3,(H,26,27)(H,22,23,24)/t12-,14-. The molecule has 3 aromatic heterocycles. The molecule has 0 amide bonds. The average Bonchev–Trinajstić information content (AvgIpc) is 3.06. The van der Waals surface area contributed by atoms with Crippen molar-refractivity contribution < 1.29 is 9.90 Å². The van der Waals surface area contributed by atoms with Gasteiger partial charge in [-0.1, -0.05) is 0 Å². The first-order valence-corrected chi connectivity index (χ1v) is 9.76. The summed E-state index contributed by atoms with van der Waals surface area (Å²) in [5, 5.41) is 12.5. The Bertz CT molecular complexity index is 995. The molecule has 1 aliphatic carbocycles. The lowest BCUT2D eigenvalue weighted by Crippen LogP contribution is -2.29. The van der Waals surface area contributed by atoms with Crippen molar-refractivity contribution in [2.75, 3.05) is 5.32 Å². The number of carboxylic acid groups (broad SMARTS) is 1. The molecule has 1 saturated carbocycles. The Labute approximate surface area is 165 Å². The lowest BCUT2D eigenvalue weighted by molar-refractivity contribution is -0.142. The zero-order valence-corrected chi connectivity index (χ0v) is 16.5. The van der Waals surface area contributed by atoms with E-state index < -0.39 is 5.97 Å². The highest BCUT2D eigenvalue weighted by molar-refractivity contribution is 9.10. The highest BCUT2D eigenvalue weighted by Gasteiger charge is 2.26. The summed E-state index contributed by atoms with van der Waals surface area (Å²) in [6, 6.07) is 4.11. The molecule has 2 N–H and O–H groups in total. The van der Waals surface area contributed by atoms with Gasteiger partial charge in [-0.15, -0.1) is 0 Å². The fraction of sp³-hybridized carbons (Fsp3) is 0.368. The first-order chi connectivity index (χ1) is 13.0. The molecule has 0 bridgehead atoms. The number of rotatable bonds is 4. The number of nitrogens with zero attached hydrogens (tertiary/aromatic N) is 4. The van der Waals surface area contributed by atoms with Gasteiger partial charge in [0.1, 0.15) is 5.65 Å². The minimum absolute atomic E-state index is 0.201. The Morgan fingerprint density at radius 2 is 2.00 bits per heavy atom. The number of carbonyl (C=O) groups is 1. The number of aromatic nitrogens is 4. The summed E-state index contributed by atoms with van der Waals surface area (Å²) in [6.07, 6.45) is 8.60. The molecule has 1 fully saturated rings. The van der Waals surface area contributed by atoms with Crippen LogP contribution in [0.3, 0.4) is 0 Å². The first-order valence-electron chi connectivity index (χ1n) is 8.97. The van der Waals surface area contributed by atoms with Crippen LogP contribution >= 0.6 is 15.9 Å². The predicted molar refractivity (Wildman–Crippen MR) is 106 cm³/mol. The van der Waals surface area contributed by atoms with E-state index in [1.54, 1.807) is 0 Å². The molecular formula is C19H20BrN5O2. The second-order valence-corrected chi connectivity index (χ2v) is 7.89. The molecule has 0 aliphatic heterocycles. The fourth-order valence-electron chi connectivity index (χ4n) is 3.57. The van der Waals surface area contributed by atoms with Gasteiger partial charge >= 0.3 is 5.97 Å². The van der Waals surface area contributed by atoms with E-state index in [0.29, 0.717) is 18.8 Å². The number of fused-ring (bicyclic) bond motifs is 1. The summed E-state index contributed by atoms with van der Waals surface area (Å²) in [7, 11) is 0. The van der Waals surface area contributed by atoms with Crippen molar-refractivity contribution in [3.63, 3.8) is 0 Å². The Hall–Kier alpha value is -2.48. The third-order valence-corrected chi connectivity index (χ3v) is 5.56. The molecule has 140 valence electrons. The molecule has 0 aromatic carbocycles. The SMILES string of the molecule is Cc1cnc(N[C@H]2CC[C@H](C(=O)O)CC2)nc1-c1cnc2ccc(Br)cn12. The van der Waals surface area contributed by atoms with Crippen LogP contribution in [-0.4, -0.2) is 36.5 Å². The maximum Gasteiger partial charge on any atom is 0.306 e. The van der Waals surface area contributed by atoms with Crippen molar-refractivity contribution in [1.82, 2.24) is 19.4 Å². The van der Waals surface area contributed by atoms with Crippen LogP contribution in [0.5, 0.6) is 0 Å². The molecule has 0 radical (unpaired) electrons. The van der Waals surface area contributed by atoms with Gasteiger partial charge < -0.3 is 10.4 Å². The number of aryl methyl sites for hydroxylation is 1. The van der Waals surface area contributed by atoms with Crippen molar-refractivity contribution in [2.24, 2.45) is 5.92 Å². The van der Waals surface area contributed by atoms with Gasteiger partial charge in [0, 0.05) is 22.9 Å². The average molecular weight is 430 g/mol. The lowest BCUT2D eigenvalue weighted by atomic mass is 9.86. The second kappa shape index (κ2) is 7.26. The molecule has 3 aromatic rings. The van der Waals surface area contributed by atoms with Gasteiger partial charge in [0.15, 0.2) is 0 Å². The number of nitrogens with one attached hydrogen (secondary N) is 1. The third kappa shape index (κ3) is 3.66. The molecular weight excluding hydrogens is 410 g/mol. The number of hydrogen-bond donors (Lipinski definition) is 2. The number of hydrogen-bond acceptors (Lipinski definition) is 5. The van der Waals surface area contributed by atoms with Gasteiger partial charge in [-0.3, -0.25) is 9.20 Å². The third-order valence-electron chi connectivity index (χ3n) is 5.09. The highest BCUT2D eigenvalue weighted by Crippen LogP contribution is 2.28. The Balaban J connectivity index is 1.58. The number of halogens is 1. The predicted octanol–water partition coefficient (Wildman–Crippen LogP) is 3.92. The number of anilines is 1. The minimum Gasteiger partial charge on any atom is -0.481 e. The zero-order chi connectivity index (χ0) is 19.0. The summed E-state index contributed by atoms with van der Waals surface area (Å²) in [4.78, 5) is 24.7. The summed E-state index contributed by atoms with van der Waals surface area (Å²) < 4.78 is 2.97. The van der Waals surface area contributed by atoms with Crippen LogP contribution in [-0.2, 0) is 4.79 Å². The van der Waals surface area contributed by atoms with Crippen LogP contribution in [0.4, 0.5) is 5.95 Å². The molecule has 4 rings (SSSR count). The van der Waals surface area contributed by atoms with E-state index in [0.717, 1.165) is 39.9 Å². The maximum atomic E-state index is 11.1. The van der Waals surface area contributed by atoms with Gasteiger partial charge in [-0.2, -0.15) is 0 Å². The first kappa shape index (κ1) is 17.9. The molecule has 3 heterocycles. The highest BCUT2D eigenvalue weighted by atomic mass is 79.9. The van der Waals surface area contributed by atoms with Gasteiger partial charge in [0.05, 0.1) is 23.5 Å². The summed E-state index contributed by atoms with van der Waals surface area (Å²) in [5.74, 6) is -0.352. The zero-order valence-electron chi connectivity index (χ0n) is 14.9. The Morgan fingerprint density at radius 3 is 2.74 bits per heavy atom. The van der Waals surface area contributed by atoms with Gasteiger partial charge in [0.2, 0.25) is 5.95 Å². The number of imidazole rings is 1. The van der Waals surface area contributed by atoms with E-state index in [1.165, 1.54) is 0 Å². The van der Waals surface area contributed by atoms with Crippen LogP contribution in [0, 0.1) is 12.8 Å². The number of pyridine rings is 1. The molecule has 7 nitrogen and oxygen atoms in total. The minimum atomic E-state index is -0.693. The number of carboxylic acids is 1. The van der Waals surface area contributed by atoms with Crippen LogP contribution in [0.1, 0.15) is 31.2 Å². The topological polar surface area (TPSA) is 92.4 Å². The van der Waals surface area contributed by atoms with Crippen LogP contribution in [0.25, 0.3) is 17.0 Å². The van der Waals surface area contributed by atoms with E-state index in [2.05, 4.69) is 31.2 Å². The van der Waals surface area contributed by atoms with E-state index in [-0.39, 0.29) is 12.0 Å². The largest absolute Gasteiger partial charge is 0.481 e. The van der Waals surface area contributed by atoms with E-state index in [9.17, 15) is 4.79 Å². The molecule has 0 atom stereocenters. The summed E-state index contributed by atoms with van der Waals surface area (Å²) >= 11 is 3.50. The van der Waals surface area contributed by atoms with E-state index in [1.807, 2.05) is 42.0 Å². The normalized spacial score (nSPS) is 19.9. The van der Waals surface area contributed by atoms with Gasteiger partial charge in [-0.25, -0.2) is 15.0 Å². The van der Waals surface area contributed by atoms with Crippen molar-refractivity contribution in [3.05, 3.63) is 40.8 Å². The van der Waals surface area contributed by atoms with Crippen molar-refractivity contribution in [3.8, 4) is 11.4 Å². The molecule has 8 heteroatoms. The molecule has 0 spiro atoms. The van der Waals surface area contributed by atoms with Crippen LogP contribution < -0.4 is 5.32 Å². The van der Waals surface area contributed by atoms with Crippen molar-refractivity contribution >= 4 is 33.5 Å². The molecule has 0 unspecified atom stereocenters. The summed E-state index contributed by atoms with van der Waals surface area (Å²) in [5.41, 5.74) is 3.56. The fourth-order valence-corrected chi connectivity index (χ4v) is 3.90. The lowest BCUT2D eigenvalue weighted by Gasteiger charge is -2.26. The quantitative estimate of drug-likeness (QED) is 0.652. The van der Waals surface area contributed by atoms with Gasteiger partial charge in [0.25, 0.3) is 0 Å². The maximum absolute atomic E-state index is 11.1. The van der Waals surface area contributed by atoms with Gasteiger partial charge in [-0.05, 0) is 66.2 Å². The van der Waals surface area contributed by atoms with Crippen LogP contribution in [0.2, 0.25) is 0 Å². The van der Waals surface area contributed by atoms with E-state index >= 15 is 0 Å². The molecule has 0 saturated heterocycles.